The molecule has 1 aromatic heterocycles. The van der Waals surface area contributed by atoms with Crippen LogP contribution in [0.15, 0.2) is 72.4 Å². The Balaban J connectivity index is 1.92. The summed E-state index contributed by atoms with van der Waals surface area (Å²) in [5.74, 6) is -0.352. The molecule has 0 radical (unpaired) electrons. The lowest BCUT2D eigenvalue weighted by Crippen LogP contribution is -2.12. The quantitative estimate of drug-likeness (QED) is 0.681. The van der Waals surface area contributed by atoms with E-state index in [2.05, 4.69) is 4.98 Å². The molecule has 0 saturated carbocycles. The Morgan fingerprint density at radius 1 is 0.952 bits per heavy atom. The van der Waals surface area contributed by atoms with Gasteiger partial charge in [-0.2, -0.15) is 0 Å². The SMILES string of the molecule is O=C(OC(c1ccccc1)c1ccccc1)c1cncs1. The summed E-state index contributed by atoms with van der Waals surface area (Å²) in [5, 5.41) is 0. The Morgan fingerprint density at radius 2 is 1.52 bits per heavy atom. The van der Waals surface area contributed by atoms with Gasteiger partial charge >= 0.3 is 5.97 Å². The minimum Gasteiger partial charge on any atom is -0.448 e. The van der Waals surface area contributed by atoms with Gasteiger partial charge < -0.3 is 4.74 Å². The van der Waals surface area contributed by atoms with Crippen molar-refractivity contribution in [2.45, 2.75) is 6.10 Å². The summed E-state index contributed by atoms with van der Waals surface area (Å²) < 4.78 is 5.70. The van der Waals surface area contributed by atoms with Gasteiger partial charge in [0.05, 0.1) is 11.7 Å². The fraction of sp³-hybridized carbons (Fsp3) is 0.0588. The van der Waals surface area contributed by atoms with Gasteiger partial charge in [0, 0.05) is 0 Å². The van der Waals surface area contributed by atoms with E-state index in [1.54, 1.807) is 5.51 Å². The normalized spacial score (nSPS) is 10.5. The van der Waals surface area contributed by atoms with Crippen molar-refractivity contribution < 1.29 is 9.53 Å². The van der Waals surface area contributed by atoms with E-state index in [0.717, 1.165) is 11.1 Å². The molecule has 0 spiro atoms. The predicted molar refractivity (Wildman–Crippen MR) is 82.3 cm³/mol. The highest BCUT2D eigenvalue weighted by Gasteiger charge is 2.20. The van der Waals surface area contributed by atoms with Crippen LogP contribution in [0.1, 0.15) is 26.9 Å². The summed E-state index contributed by atoms with van der Waals surface area (Å²) in [4.78, 5) is 16.6. The van der Waals surface area contributed by atoms with E-state index in [1.807, 2.05) is 60.7 Å². The van der Waals surface area contributed by atoms with Gasteiger partial charge in [-0.1, -0.05) is 60.7 Å². The third-order valence-corrected chi connectivity index (χ3v) is 3.82. The van der Waals surface area contributed by atoms with Crippen LogP contribution in [-0.4, -0.2) is 11.0 Å². The first-order valence-electron chi connectivity index (χ1n) is 6.54. The van der Waals surface area contributed by atoms with E-state index in [-0.39, 0.29) is 5.97 Å². The van der Waals surface area contributed by atoms with Crippen molar-refractivity contribution >= 4 is 17.3 Å². The molecule has 1 heterocycles. The largest absolute Gasteiger partial charge is 0.448 e. The lowest BCUT2D eigenvalue weighted by atomic mass is 10.0. The zero-order chi connectivity index (χ0) is 14.5. The van der Waals surface area contributed by atoms with Crippen molar-refractivity contribution in [2.24, 2.45) is 0 Å². The summed E-state index contributed by atoms with van der Waals surface area (Å²) in [5.41, 5.74) is 3.51. The van der Waals surface area contributed by atoms with Crippen molar-refractivity contribution in [1.82, 2.24) is 4.98 Å². The van der Waals surface area contributed by atoms with Crippen molar-refractivity contribution in [2.75, 3.05) is 0 Å². The Labute approximate surface area is 126 Å². The van der Waals surface area contributed by atoms with Crippen LogP contribution in [0.2, 0.25) is 0 Å². The second-order valence-electron chi connectivity index (χ2n) is 4.47. The molecule has 3 nitrogen and oxygen atoms in total. The number of thiazole rings is 1. The summed E-state index contributed by atoms with van der Waals surface area (Å²) in [7, 11) is 0. The number of carbonyl (C=O) groups is 1. The minimum absolute atomic E-state index is 0.352. The van der Waals surface area contributed by atoms with Gasteiger partial charge in [0.25, 0.3) is 0 Å². The molecule has 21 heavy (non-hydrogen) atoms. The summed E-state index contributed by atoms with van der Waals surface area (Å²) >= 11 is 1.28. The number of nitrogens with zero attached hydrogens (tertiary/aromatic N) is 1. The summed E-state index contributed by atoms with van der Waals surface area (Å²) in [6.07, 6.45) is 1.11. The zero-order valence-corrected chi connectivity index (χ0v) is 12.0. The Kier molecular flexibility index (Phi) is 4.07. The van der Waals surface area contributed by atoms with Gasteiger partial charge in [0.15, 0.2) is 6.10 Å². The van der Waals surface area contributed by atoms with E-state index in [1.165, 1.54) is 17.5 Å². The van der Waals surface area contributed by atoms with Crippen molar-refractivity contribution in [3.05, 3.63) is 88.4 Å². The van der Waals surface area contributed by atoms with Crippen LogP contribution in [0.3, 0.4) is 0 Å². The minimum atomic E-state index is -0.415. The maximum Gasteiger partial charge on any atom is 0.350 e. The Bertz CT molecular complexity index is 657. The van der Waals surface area contributed by atoms with Crippen molar-refractivity contribution in [3.8, 4) is 0 Å². The number of hydrogen-bond acceptors (Lipinski definition) is 4. The second-order valence-corrected chi connectivity index (χ2v) is 5.36. The highest BCUT2D eigenvalue weighted by molar-refractivity contribution is 7.11. The average molecular weight is 295 g/mol. The van der Waals surface area contributed by atoms with Crippen molar-refractivity contribution in [1.29, 1.82) is 0 Å². The molecule has 0 unspecified atom stereocenters. The number of aromatic nitrogens is 1. The summed E-state index contributed by atoms with van der Waals surface area (Å²) in [6, 6.07) is 19.5. The molecule has 2 aromatic carbocycles. The van der Waals surface area contributed by atoms with Gasteiger partial charge in [-0.05, 0) is 11.1 Å². The molecule has 4 heteroatoms. The van der Waals surface area contributed by atoms with Gasteiger partial charge in [-0.15, -0.1) is 11.3 Å². The molecule has 0 fully saturated rings. The molecule has 0 aliphatic heterocycles. The maximum atomic E-state index is 12.2. The Morgan fingerprint density at radius 3 is 2.00 bits per heavy atom. The molecule has 0 amide bonds. The van der Waals surface area contributed by atoms with Crippen LogP contribution in [-0.2, 0) is 4.74 Å². The smallest absolute Gasteiger partial charge is 0.350 e. The standard InChI is InChI=1S/C17H13NO2S/c19-17(15-11-18-12-21-15)20-16(13-7-3-1-4-8-13)14-9-5-2-6-10-14/h1-12,16H. The second kappa shape index (κ2) is 6.33. The van der Waals surface area contributed by atoms with Crippen LogP contribution in [0.4, 0.5) is 0 Å². The first-order valence-corrected chi connectivity index (χ1v) is 7.42. The highest BCUT2D eigenvalue weighted by atomic mass is 32.1. The monoisotopic (exact) mass is 295 g/mol. The lowest BCUT2D eigenvalue weighted by Gasteiger charge is -2.18. The van der Waals surface area contributed by atoms with Crippen molar-refractivity contribution in [3.63, 3.8) is 0 Å². The van der Waals surface area contributed by atoms with E-state index in [4.69, 9.17) is 4.74 Å². The molecular formula is C17H13NO2S. The van der Waals surface area contributed by atoms with E-state index >= 15 is 0 Å². The van der Waals surface area contributed by atoms with E-state index in [0.29, 0.717) is 4.88 Å². The number of benzene rings is 2. The molecule has 0 N–H and O–H groups in total. The fourth-order valence-electron chi connectivity index (χ4n) is 2.07. The number of rotatable bonds is 4. The summed E-state index contributed by atoms with van der Waals surface area (Å²) in [6.45, 7) is 0. The number of esters is 1. The molecule has 0 aliphatic carbocycles. The zero-order valence-electron chi connectivity index (χ0n) is 11.2. The van der Waals surface area contributed by atoms with E-state index < -0.39 is 6.10 Å². The third-order valence-electron chi connectivity index (χ3n) is 3.06. The Hall–Kier alpha value is -2.46. The average Bonchev–Trinajstić information content (AvgIpc) is 3.09. The van der Waals surface area contributed by atoms with E-state index in [9.17, 15) is 4.79 Å². The number of carbonyl (C=O) groups excluding carboxylic acids is 1. The fourth-order valence-corrected chi connectivity index (χ4v) is 2.57. The van der Waals surface area contributed by atoms with Crippen LogP contribution < -0.4 is 0 Å². The van der Waals surface area contributed by atoms with Crippen LogP contribution in [0, 0.1) is 0 Å². The first kappa shape index (κ1) is 13.5. The molecule has 104 valence electrons. The number of hydrogen-bond donors (Lipinski definition) is 0. The van der Waals surface area contributed by atoms with Crippen LogP contribution in [0.25, 0.3) is 0 Å². The predicted octanol–water partition coefficient (Wildman–Crippen LogP) is 4.09. The van der Waals surface area contributed by atoms with Gasteiger partial charge in [-0.3, -0.25) is 4.98 Å². The maximum absolute atomic E-state index is 12.2. The molecule has 3 aromatic rings. The molecule has 0 aliphatic rings. The first-order chi connectivity index (χ1) is 10.3. The molecular weight excluding hydrogens is 282 g/mol. The van der Waals surface area contributed by atoms with Gasteiger partial charge in [-0.25, -0.2) is 4.79 Å². The number of ether oxygens (including phenoxy) is 1. The molecule has 0 bridgehead atoms. The van der Waals surface area contributed by atoms with Crippen LogP contribution >= 0.6 is 11.3 Å². The third kappa shape index (κ3) is 3.17. The topological polar surface area (TPSA) is 39.2 Å². The van der Waals surface area contributed by atoms with Crippen LogP contribution in [0.5, 0.6) is 0 Å². The highest BCUT2D eigenvalue weighted by Crippen LogP contribution is 2.27. The van der Waals surface area contributed by atoms with Gasteiger partial charge in [0.1, 0.15) is 4.88 Å². The molecule has 0 atom stereocenters. The molecule has 3 rings (SSSR count). The van der Waals surface area contributed by atoms with Gasteiger partial charge in [0.2, 0.25) is 0 Å². The lowest BCUT2D eigenvalue weighted by molar-refractivity contribution is 0.0383. The molecule has 0 saturated heterocycles.